The molecule has 0 fully saturated rings. The van der Waals surface area contributed by atoms with Crippen molar-refractivity contribution in [3.63, 3.8) is 0 Å². The topological polar surface area (TPSA) is 76.1 Å². The van der Waals surface area contributed by atoms with Gasteiger partial charge in [0, 0.05) is 16.9 Å². The summed E-state index contributed by atoms with van der Waals surface area (Å²) in [5.41, 5.74) is 4.00. The second-order valence-corrected chi connectivity index (χ2v) is 7.05. The second-order valence-electron chi connectivity index (χ2n) is 7.05. The standard InChI is InChI=1S/C24H25NO5/c1-6-30-24(28)21-16(4)25(18-11-10-14(2)15(3)12-18)23(27)19(21)13-17-8-7-9-20(29-5)22(17)26/h7-13,26H,6H2,1-5H3/b19-13-. The Balaban J connectivity index is 2.18. The SMILES string of the molecule is CCOC(=O)C1=C(C)N(c2ccc(C)c(C)c2)C(=O)/C1=C\c1cccc(OC)c1O. The number of anilines is 1. The first-order valence-corrected chi connectivity index (χ1v) is 9.67. The van der Waals surface area contributed by atoms with Crippen molar-refractivity contribution in [2.24, 2.45) is 0 Å². The third-order valence-electron chi connectivity index (χ3n) is 5.18. The molecule has 0 bridgehead atoms. The molecule has 1 amide bonds. The van der Waals surface area contributed by atoms with Crippen LogP contribution in [0, 0.1) is 13.8 Å². The van der Waals surface area contributed by atoms with E-state index >= 15 is 0 Å². The van der Waals surface area contributed by atoms with Gasteiger partial charge in [0.15, 0.2) is 11.5 Å². The minimum absolute atomic E-state index is 0.106. The monoisotopic (exact) mass is 407 g/mol. The third kappa shape index (κ3) is 3.68. The second kappa shape index (κ2) is 8.45. The lowest BCUT2D eigenvalue weighted by Crippen LogP contribution is -2.24. The van der Waals surface area contributed by atoms with Crippen LogP contribution in [0.15, 0.2) is 53.2 Å². The van der Waals surface area contributed by atoms with E-state index in [9.17, 15) is 14.7 Å². The van der Waals surface area contributed by atoms with E-state index in [1.807, 2.05) is 32.0 Å². The number of amides is 1. The van der Waals surface area contributed by atoms with E-state index in [4.69, 9.17) is 9.47 Å². The summed E-state index contributed by atoms with van der Waals surface area (Å²) in [4.78, 5) is 27.6. The Morgan fingerprint density at radius 2 is 1.87 bits per heavy atom. The molecule has 0 unspecified atom stereocenters. The number of carbonyl (C=O) groups excluding carboxylic acids is 2. The number of aryl methyl sites for hydroxylation is 2. The lowest BCUT2D eigenvalue weighted by atomic mass is 10.0. The number of aromatic hydroxyl groups is 1. The molecule has 1 heterocycles. The molecule has 30 heavy (non-hydrogen) atoms. The lowest BCUT2D eigenvalue weighted by Gasteiger charge is -2.19. The van der Waals surface area contributed by atoms with Crippen LogP contribution in [-0.2, 0) is 14.3 Å². The molecular formula is C24H25NO5. The Labute approximate surface area is 176 Å². The minimum Gasteiger partial charge on any atom is -0.504 e. The zero-order valence-corrected chi connectivity index (χ0v) is 17.8. The van der Waals surface area contributed by atoms with Crippen LogP contribution >= 0.6 is 0 Å². The molecule has 1 aliphatic rings. The summed E-state index contributed by atoms with van der Waals surface area (Å²) in [6, 6.07) is 10.7. The van der Waals surface area contributed by atoms with Crippen LogP contribution in [0.5, 0.6) is 11.5 Å². The molecule has 3 rings (SSSR count). The molecule has 2 aromatic rings. The summed E-state index contributed by atoms with van der Waals surface area (Å²) in [6.45, 7) is 7.57. The van der Waals surface area contributed by atoms with Gasteiger partial charge in [0.25, 0.3) is 5.91 Å². The summed E-state index contributed by atoms with van der Waals surface area (Å²) in [5.74, 6) is -0.769. The van der Waals surface area contributed by atoms with Gasteiger partial charge in [-0.25, -0.2) is 4.79 Å². The average Bonchev–Trinajstić information content (AvgIpc) is 2.95. The van der Waals surface area contributed by atoms with E-state index in [2.05, 4.69) is 0 Å². The number of carbonyl (C=O) groups is 2. The Bertz CT molecular complexity index is 1080. The van der Waals surface area contributed by atoms with Crippen LogP contribution in [0.4, 0.5) is 5.69 Å². The fourth-order valence-corrected chi connectivity index (χ4v) is 3.43. The molecule has 0 spiro atoms. The summed E-state index contributed by atoms with van der Waals surface area (Å²) in [6.07, 6.45) is 1.50. The molecule has 156 valence electrons. The molecule has 0 atom stereocenters. The van der Waals surface area contributed by atoms with E-state index in [-0.39, 0.29) is 35.2 Å². The summed E-state index contributed by atoms with van der Waals surface area (Å²) < 4.78 is 10.4. The number of hydrogen-bond acceptors (Lipinski definition) is 5. The third-order valence-corrected chi connectivity index (χ3v) is 5.18. The summed E-state index contributed by atoms with van der Waals surface area (Å²) in [5, 5.41) is 10.5. The van der Waals surface area contributed by atoms with Gasteiger partial charge in [-0.15, -0.1) is 0 Å². The predicted octanol–water partition coefficient (Wildman–Crippen LogP) is 4.28. The number of rotatable bonds is 5. The Kier molecular flexibility index (Phi) is 5.96. The summed E-state index contributed by atoms with van der Waals surface area (Å²) in [7, 11) is 1.45. The van der Waals surface area contributed by atoms with Crippen molar-refractivity contribution < 1.29 is 24.2 Å². The highest BCUT2D eigenvalue weighted by molar-refractivity contribution is 6.24. The maximum Gasteiger partial charge on any atom is 0.340 e. The van der Waals surface area contributed by atoms with Crippen LogP contribution in [0.3, 0.4) is 0 Å². The van der Waals surface area contributed by atoms with Crippen LogP contribution < -0.4 is 9.64 Å². The number of allylic oxidation sites excluding steroid dienone is 1. The van der Waals surface area contributed by atoms with Crippen molar-refractivity contribution in [3.05, 3.63) is 69.9 Å². The van der Waals surface area contributed by atoms with Crippen molar-refractivity contribution in [2.45, 2.75) is 27.7 Å². The minimum atomic E-state index is -0.580. The fraction of sp³-hybridized carbons (Fsp3) is 0.250. The van der Waals surface area contributed by atoms with E-state index in [0.717, 1.165) is 11.1 Å². The van der Waals surface area contributed by atoms with Gasteiger partial charge in [0.1, 0.15) is 0 Å². The van der Waals surface area contributed by atoms with E-state index in [1.165, 1.54) is 18.1 Å². The van der Waals surface area contributed by atoms with Gasteiger partial charge in [0.05, 0.1) is 24.9 Å². The van der Waals surface area contributed by atoms with Crippen molar-refractivity contribution in [2.75, 3.05) is 18.6 Å². The van der Waals surface area contributed by atoms with Gasteiger partial charge in [0.2, 0.25) is 0 Å². The first-order valence-electron chi connectivity index (χ1n) is 9.67. The van der Waals surface area contributed by atoms with E-state index < -0.39 is 5.97 Å². The van der Waals surface area contributed by atoms with Crippen LogP contribution in [0.2, 0.25) is 0 Å². The lowest BCUT2D eigenvalue weighted by molar-refractivity contribution is -0.138. The number of methoxy groups -OCH3 is 1. The number of phenolic OH excluding ortho intramolecular Hbond substituents is 1. The number of hydrogen-bond donors (Lipinski definition) is 1. The molecule has 0 aliphatic carbocycles. The average molecular weight is 407 g/mol. The number of ether oxygens (including phenoxy) is 2. The van der Waals surface area contributed by atoms with Gasteiger partial charge in [-0.05, 0) is 63.1 Å². The quantitative estimate of drug-likeness (QED) is 0.591. The molecule has 6 heteroatoms. The van der Waals surface area contributed by atoms with Gasteiger partial charge >= 0.3 is 5.97 Å². The van der Waals surface area contributed by atoms with Crippen LogP contribution in [0.25, 0.3) is 6.08 Å². The molecule has 6 nitrogen and oxygen atoms in total. The molecule has 0 saturated carbocycles. The Morgan fingerprint density at radius 1 is 1.13 bits per heavy atom. The van der Waals surface area contributed by atoms with Crippen molar-refractivity contribution in [3.8, 4) is 11.5 Å². The molecular weight excluding hydrogens is 382 g/mol. The zero-order chi connectivity index (χ0) is 22.0. The van der Waals surface area contributed by atoms with Crippen molar-refractivity contribution in [1.29, 1.82) is 0 Å². The molecule has 2 aromatic carbocycles. The highest BCUT2D eigenvalue weighted by Crippen LogP contribution is 2.38. The Hall–Kier alpha value is -3.54. The van der Waals surface area contributed by atoms with Gasteiger partial charge in [-0.1, -0.05) is 18.2 Å². The van der Waals surface area contributed by atoms with Crippen LogP contribution in [0.1, 0.15) is 30.5 Å². The molecule has 0 aromatic heterocycles. The maximum atomic E-state index is 13.4. The fourth-order valence-electron chi connectivity index (χ4n) is 3.43. The number of benzene rings is 2. The molecule has 0 radical (unpaired) electrons. The van der Waals surface area contributed by atoms with E-state index in [0.29, 0.717) is 16.9 Å². The maximum absolute atomic E-state index is 13.4. The number of nitrogens with zero attached hydrogens (tertiary/aromatic N) is 1. The molecule has 0 saturated heterocycles. The Morgan fingerprint density at radius 3 is 2.50 bits per heavy atom. The zero-order valence-electron chi connectivity index (χ0n) is 17.8. The number of esters is 1. The van der Waals surface area contributed by atoms with E-state index in [1.54, 1.807) is 32.0 Å². The molecule has 1 aliphatic heterocycles. The largest absolute Gasteiger partial charge is 0.504 e. The normalized spacial score (nSPS) is 15.2. The van der Waals surface area contributed by atoms with Crippen LogP contribution in [-0.4, -0.2) is 30.7 Å². The number of para-hydroxylation sites is 1. The summed E-state index contributed by atoms with van der Waals surface area (Å²) >= 11 is 0. The van der Waals surface area contributed by atoms with Crippen molar-refractivity contribution in [1.82, 2.24) is 0 Å². The van der Waals surface area contributed by atoms with Gasteiger partial charge in [-0.2, -0.15) is 0 Å². The first-order chi connectivity index (χ1) is 14.3. The molecule has 1 N–H and O–H groups in total. The first kappa shape index (κ1) is 21.2. The smallest absolute Gasteiger partial charge is 0.340 e. The van der Waals surface area contributed by atoms with Crippen molar-refractivity contribution >= 4 is 23.6 Å². The van der Waals surface area contributed by atoms with Gasteiger partial charge < -0.3 is 14.6 Å². The van der Waals surface area contributed by atoms with Gasteiger partial charge in [-0.3, -0.25) is 9.69 Å². The predicted molar refractivity (Wildman–Crippen MR) is 115 cm³/mol. The highest BCUT2D eigenvalue weighted by Gasteiger charge is 2.38. The highest BCUT2D eigenvalue weighted by atomic mass is 16.5. The number of phenols is 1.